The van der Waals surface area contributed by atoms with Crippen LogP contribution in [0.15, 0.2) is 126 Å². The van der Waals surface area contributed by atoms with Crippen molar-refractivity contribution in [2.75, 3.05) is 0 Å². The first kappa shape index (κ1) is 21.1. The van der Waals surface area contributed by atoms with Gasteiger partial charge in [0, 0.05) is 17.0 Å². The molecule has 0 aliphatic heterocycles. The standard InChI is InChI=1S/C34H20N2O/c1-35-26-16-17-36-31(20-26)25-11-7-10-24(18-25)30-21-33-34(28-13-6-5-12-27(28)30)29-15-14-23(19-32(29)37-33)22-8-3-2-4-9-22/h2-21H. The second kappa shape index (κ2) is 8.48. The van der Waals surface area contributed by atoms with Crippen molar-refractivity contribution >= 4 is 38.4 Å². The molecule has 0 N–H and O–H groups in total. The number of hydrogen-bond acceptors (Lipinski definition) is 2. The van der Waals surface area contributed by atoms with Crippen LogP contribution in [0.3, 0.4) is 0 Å². The molecule has 37 heavy (non-hydrogen) atoms. The maximum Gasteiger partial charge on any atom is 0.190 e. The molecule has 7 rings (SSSR count). The molecule has 0 bridgehead atoms. The van der Waals surface area contributed by atoms with Gasteiger partial charge in [0.2, 0.25) is 0 Å². The van der Waals surface area contributed by atoms with Gasteiger partial charge in [-0.15, -0.1) is 0 Å². The van der Waals surface area contributed by atoms with Crippen LogP contribution in [0.25, 0.3) is 71.1 Å². The quantitative estimate of drug-likeness (QED) is 0.240. The monoisotopic (exact) mass is 472 g/mol. The minimum absolute atomic E-state index is 0.583. The molecular formula is C34H20N2O. The highest BCUT2D eigenvalue weighted by Gasteiger charge is 2.16. The third kappa shape index (κ3) is 3.55. The number of nitrogens with zero attached hydrogens (tertiary/aromatic N) is 2. The third-order valence-corrected chi connectivity index (χ3v) is 6.93. The van der Waals surface area contributed by atoms with Gasteiger partial charge in [0.05, 0.1) is 12.3 Å². The largest absolute Gasteiger partial charge is 0.456 e. The molecule has 0 saturated heterocycles. The van der Waals surface area contributed by atoms with E-state index in [1.54, 1.807) is 12.3 Å². The van der Waals surface area contributed by atoms with Gasteiger partial charge in [-0.2, -0.15) is 0 Å². The molecule has 5 aromatic carbocycles. The zero-order valence-corrected chi connectivity index (χ0v) is 19.8. The summed E-state index contributed by atoms with van der Waals surface area (Å²) in [6, 6.07) is 39.4. The first-order valence-corrected chi connectivity index (χ1v) is 12.2. The Balaban J connectivity index is 1.44. The Hall–Kier alpha value is -5.20. The van der Waals surface area contributed by atoms with Gasteiger partial charge in [-0.1, -0.05) is 78.9 Å². The maximum absolute atomic E-state index is 7.34. The van der Waals surface area contributed by atoms with Gasteiger partial charge >= 0.3 is 0 Å². The Morgan fingerprint density at radius 3 is 2.22 bits per heavy atom. The van der Waals surface area contributed by atoms with E-state index in [1.807, 2.05) is 24.3 Å². The SMILES string of the molecule is [C-]#[N+]c1ccnc(-c2cccc(-c3cc4oc5cc(-c6ccccc6)ccc5c4c4ccccc34)c2)c1. The summed E-state index contributed by atoms with van der Waals surface area (Å²) < 4.78 is 6.48. The van der Waals surface area contributed by atoms with Gasteiger partial charge in [0.25, 0.3) is 0 Å². The predicted molar refractivity (Wildman–Crippen MR) is 152 cm³/mol. The van der Waals surface area contributed by atoms with E-state index < -0.39 is 0 Å². The average molecular weight is 473 g/mol. The number of aromatic nitrogens is 1. The lowest BCUT2D eigenvalue weighted by Crippen LogP contribution is -1.86. The van der Waals surface area contributed by atoms with Crippen molar-refractivity contribution in [1.29, 1.82) is 0 Å². The summed E-state index contributed by atoms with van der Waals surface area (Å²) in [5.74, 6) is 0. The molecule has 172 valence electrons. The number of furan rings is 1. The molecule has 0 fully saturated rings. The minimum Gasteiger partial charge on any atom is -0.456 e. The number of rotatable bonds is 3. The maximum atomic E-state index is 7.34. The summed E-state index contributed by atoms with van der Waals surface area (Å²) >= 11 is 0. The molecule has 3 heteroatoms. The van der Waals surface area contributed by atoms with E-state index in [-0.39, 0.29) is 0 Å². The Labute approximate surface area is 214 Å². The van der Waals surface area contributed by atoms with Crippen molar-refractivity contribution in [3.63, 3.8) is 0 Å². The summed E-state index contributed by atoms with van der Waals surface area (Å²) in [6.07, 6.45) is 1.69. The van der Waals surface area contributed by atoms with Gasteiger partial charge in [-0.05, 0) is 75.0 Å². The highest BCUT2D eigenvalue weighted by Crippen LogP contribution is 2.41. The highest BCUT2D eigenvalue weighted by molar-refractivity contribution is 6.22. The molecule has 0 atom stereocenters. The molecule has 0 amide bonds. The summed E-state index contributed by atoms with van der Waals surface area (Å²) in [5, 5.41) is 4.59. The predicted octanol–water partition coefficient (Wildman–Crippen LogP) is 9.69. The molecule has 0 unspecified atom stereocenters. The molecular weight excluding hydrogens is 452 g/mol. The van der Waals surface area contributed by atoms with Crippen LogP contribution in [0.2, 0.25) is 0 Å². The number of benzene rings is 5. The fraction of sp³-hybridized carbons (Fsp3) is 0. The van der Waals surface area contributed by atoms with Crippen molar-refractivity contribution in [3.8, 4) is 33.5 Å². The Bertz CT molecular complexity index is 1990. The lowest BCUT2D eigenvalue weighted by atomic mass is 9.93. The zero-order chi connectivity index (χ0) is 24.8. The van der Waals surface area contributed by atoms with Gasteiger partial charge in [-0.25, -0.2) is 4.85 Å². The van der Waals surface area contributed by atoms with Crippen molar-refractivity contribution in [2.45, 2.75) is 0 Å². The van der Waals surface area contributed by atoms with Gasteiger partial charge in [0.1, 0.15) is 11.2 Å². The average Bonchev–Trinajstić information content (AvgIpc) is 3.35. The van der Waals surface area contributed by atoms with Crippen LogP contribution in [0, 0.1) is 6.57 Å². The van der Waals surface area contributed by atoms with E-state index in [4.69, 9.17) is 11.0 Å². The van der Waals surface area contributed by atoms with Crippen molar-refractivity contribution in [2.24, 2.45) is 0 Å². The number of hydrogen-bond donors (Lipinski definition) is 0. The fourth-order valence-corrected chi connectivity index (χ4v) is 5.18. The lowest BCUT2D eigenvalue weighted by molar-refractivity contribution is 0.669. The van der Waals surface area contributed by atoms with Crippen LogP contribution in [-0.4, -0.2) is 4.98 Å². The van der Waals surface area contributed by atoms with Crippen LogP contribution < -0.4 is 0 Å². The van der Waals surface area contributed by atoms with E-state index in [1.165, 1.54) is 16.3 Å². The first-order valence-electron chi connectivity index (χ1n) is 12.2. The molecule has 0 aliphatic carbocycles. The summed E-state index contributed by atoms with van der Waals surface area (Å²) in [5.41, 5.74) is 8.59. The van der Waals surface area contributed by atoms with E-state index in [0.717, 1.165) is 49.9 Å². The Morgan fingerprint density at radius 1 is 0.568 bits per heavy atom. The van der Waals surface area contributed by atoms with Crippen molar-refractivity contribution in [1.82, 2.24) is 4.98 Å². The number of pyridine rings is 1. The third-order valence-electron chi connectivity index (χ3n) is 6.93. The van der Waals surface area contributed by atoms with E-state index >= 15 is 0 Å². The summed E-state index contributed by atoms with van der Waals surface area (Å²) in [6.45, 7) is 7.34. The molecule has 0 saturated carbocycles. The molecule has 2 aromatic heterocycles. The van der Waals surface area contributed by atoms with Crippen molar-refractivity contribution in [3.05, 3.63) is 133 Å². The Morgan fingerprint density at radius 2 is 1.35 bits per heavy atom. The molecule has 3 nitrogen and oxygen atoms in total. The van der Waals surface area contributed by atoms with Crippen LogP contribution in [0.4, 0.5) is 5.69 Å². The first-order chi connectivity index (χ1) is 18.3. The highest BCUT2D eigenvalue weighted by atomic mass is 16.3. The second-order valence-corrected chi connectivity index (χ2v) is 9.11. The van der Waals surface area contributed by atoms with Crippen LogP contribution >= 0.6 is 0 Å². The van der Waals surface area contributed by atoms with Gasteiger partial charge in [0.15, 0.2) is 5.69 Å². The van der Waals surface area contributed by atoms with E-state index in [9.17, 15) is 0 Å². The van der Waals surface area contributed by atoms with Crippen LogP contribution in [-0.2, 0) is 0 Å². The lowest BCUT2D eigenvalue weighted by Gasteiger charge is -2.10. The fourth-order valence-electron chi connectivity index (χ4n) is 5.18. The molecule has 7 aromatic rings. The van der Waals surface area contributed by atoms with Gasteiger partial charge < -0.3 is 4.42 Å². The summed E-state index contributed by atoms with van der Waals surface area (Å²) in [4.78, 5) is 8.06. The molecule has 0 radical (unpaired) electrons. The minimum atomic E-state index is 0.583. The van der Waals surface area contributed by atoms with Gasteiger partial charge in [-0.3, -0.25) is 4.98 Å². The smallest absolute Gasteiger partial charge is 0.190 e. The van der Waals surface area contributed by atoms with Crippen molar-refractivity contribution < 1.29 is 4.42 Å². The Kier molecular flexibility index (Phi) is 4.84. The number of fused-ring (bicyclic) bond motifs is 5. The second-order valence-electron chi connectivity index (χ2n) is 9.11. The normalized spacial score (nSPS) is 11.2. The topological polar surface area (TPSA) is 30.4 Å². The zero-order valence-electron chi connectivity index (χ0n) is 19.8. The molecule has 0 aliphatic rings. The van der Waals surface area contributed by atoms with E-state index in [0.29, 0.717) is 5.69 Å². The van der Waals surface area contributed by atoms with Crippen LogP contribution in [0.1, 0.15) is 0 Å². The molecule has 0 spiro atoms. The van der Waals surface area contributed by atoms with E-state index in [2.05, 4.69) is 94.8 Å². The molecule has 2 heterocycles. The van der Waals surface area contributed by atoms with Crippen LogP contribution in [0.5, 0.6) is 0 Å². The summed E-state index contributed by atoms with van der Waals surface area (Å²) in [7, 11) is 0.